The van der Waals surface area contributed by atoms with Crippen LogP contribution in [-0.2, 0) is 14.4 Å². The number of benzene rings is 2. The van der Waals surface area contributed by atoms with Crippen molar-refractivity contribution < 1.29 is 39.5 Å². The van der Waals surface area contributed by atoms with Gasteiger partial charge >= 0.3 is 5.97 Å². The fourth-order valence-corrected chi connectivity index (χ4v) is 8.50. The van der Waals surface area contributed by atoms with Crippen LogP contribution in [0.3, 0.4) is 0 Å². The molecule has 42 heavy (non-hydrogen) atoms. The Morgan fingerprint density at radius 3 is 1.57 bits per heavy atom. The zero-order valence-electron chi connectivity index (χ0n) is 25.2. The van der Waals surface area contributed by atoms with Crippen molar-refractivity contribution in [2.45, 2.75) is 79.1 Å². The SMILES string of the molecule is Cc1cc(O)c([C@H]2CC(=O)[C@H]3C[C@@H]2C3(C)C)c(O)c1.Cc1cc(O)c([C@H]2CC(=O)[C@H]3C[C@@H]2C3(C)C)c(OCC(=O)O)c1. The van der Waals surface area contributed by atoms with Gasteiger partial charge in [0.2, 0.25) is 0 Å². The molecular formula is C34H42O8. The molecule has 6 saturated carbocycles. The highest BCUT2D eigenvalue weighted by Gasteiger charge is 2.60. The fraction of sp³-hybridized carbons (Fsp3) is 0.559. The van der Waals surface area contributed by atoms with Crippen molar-refractivity contribution in [3.05, 3.63) is 46.5 Å². The largest absolute Gasteiger partial charge is 0.508 e. The lowest BCUT2D eigenvalue weighted by Crippen LogP contribution is -2.56. The van der Waals surface area contributed by atoms with Crippen molar-refractivity contribution in [3.8, 4) is 23.0 Å². The van der Waals surface area contributed by atoms with Gasteiger partial charge in [-0.3, -0.25) is 9.59 Å². The summed E-state index contributed by atoms with van der Waals surface area (Å²) < 4.78 is 5.41. The number of aryl methyl sites for hydroxylation is 2. The predicted molar refractivity (Wildman–Crippen MR) is 156 cm³/mol. The minimum atomic E-state index is -1.07. The predicted octanol–water partition coefficient (Wildman–Crippen LogP) is 6.01. The number of hydrogen-bond acceptors (Lipinski definition) is 7. The molecule has 0 radical (unpaired) electrons. The monoisotopic (exact) mass is 578 g/mol. The number of Topliss-reactive ketones (excluding diaryl/α,β-unsaturated/α-hetero) is 2. The topological polar surface area (TPSA) is 141 Å². The number of carboxylic acid groups (broad SMARTS) is 1. The summed E-state index contributed by atoms with van der Waals surface area (Å²) in [6.45, 7) is 11.6. The van der Waals surface area contributed by atoms with Gasteiger partial charge in [-0.1, -0.05) is 27.7 Å². The number of carbonyl (C=O) groups excluding carboxylic acids is 2. The maximum Gasteiger partial charge on any atom is 0.341 e. The van der Waals surface area contributed by atoms with E-state index in [0.717, 1.165) is 24.0 Å². The molecule has 8 nitrogen and oxygen atoms in total. The third-order valence-corrected chi connectivity index (χ3v) is 10.9. The van der Waals surface area contributed by atoms with E-state index in [0.29, 0.717) is 41.6 Å². The van der Waals surface area contributed by atoms with Crippen LogP contribution in [0.25, 0.3) is 0 Å². The molecule has 0 amide bonds. The Labute approximate surface area is 246 Å². The van der Waals surface area contributed by atoms with Crippen molar-refractivity contribution in [2.75, 3.05) is 6.61 Å². The van der Waals surface area contributed by atoms with Gasteiger partial charge in [0.1, 0.15) is 34.6 Å². The molecule has 8 rings (SSSR count). The minimum absolute atomic E-state index is 0.0102. The number of rotatable bonds is 5. The molecule has 0 unspecified atom stereocenters. The standard InChI is InChI=1S/C18H22O5.C16H20O3/c1-9-4-14(20)17(15(5-9)23-8-16(21)22)10-6-13(19)12-7-11(10)18(12,2)3;1-8-4-13(18)15(14(19)5-8)9-6-12(17)11-7-10(9)16(11,2)3/h4-5,10-12,20H,6-8H2,1-3H3,(H,21,22);4-5,9-11,18-19H,6-7H2,1-3H3/t10-,11-,12+;9-,10-,11+/m00/s1. The first-order chi connectivity index (χ1) is 19.5. The van der Waals surface area contributed by atoms with Gasteiger partial charge in [-0.25, -0.2) is 4.79 Å². The second-order valence-electron chi connectivity index (χ2n) is 14.1. The van der Waals surface area contributed by atoms with Crippen LogP contribution in [0.15, 0.2) is 24.3 Å². The fourth-order valence-electron chi connectivity index (χ4n) is 8.50. The highest BCUT2D eigenvalue weighted by molar-refractivity contribution is 5.87. The van der Waals surface area contributed by atoms with Crippen LogP contribution >= 0.6 is 0 Å². The number of phenols is 3. The lowest BCUT2D eigenvalue weighted by molar-refractivity contribution is -0.152. The Kier molecular flexibility index (Phi) is 7.35. The van der Waals surface area contributed by atoms with E-state index in [9.17, 15) is 29.7 Å². The van der Waals surface area contributed by atoms with Gasteiger partial charge in [0.25, 0.3) is 0 Å². The molecule has 226 valence electrons. The maximum atomic E-state index is 12.4. The van der Waals surface area contributed by atoms with E-state index in [2.05, 4.69) is 27.7 Å². The van der Waals surface area contributed by atoms with E-state index < -0.39 is 12.6 Å². The van der Waals surface area contributed by atoms with Crippen molar-refractivity contribution >= 4 is 17.5 Å². The Morgan fingerprint density at radius 2 is 1.17 bits per heavy atom. The normalized spacial score (nSPS) is 29.9. The summed E-state index contributed by atoms with van der Waals surface area (Å²) in [5.74, 6) is 0.925. The molecular weight excluding hydrogens is 536 g/mol. The third kappa shape index (κ3) is 4.82. The van der Waals surface area contributed by atoms with E-state index in [4.69, 9.17) is 9.84 Å². The summed E-state index contributed by atoms with van der Waals surface area (Å²) in [6, 6.07) is 6.71. The zero-order valence-corrected chi connectivity index (χ0v) is 25.2. The molecule has 4 N–H and O–H groups in total. The molecule has 0 saturated heterocycles. The number of carboxylic acids is 1. The van der Waals surface area contributed by atoms with Gasteiger partial charge in [0.05, 0.1) is 0 Å². The number of hydrogen-bond donors (Lipinski definition) is 4. The quantitative estimate of drug-likeness (QED) is 0.338. The van der Waals surface area contributed by atoms with Crippen molar-refractivity contribution in [2.24, 2.45) is 34.5 Å². The molecule has 4 bridgehead atoms. The first-order valence-electron chi connectivity index (χ1n) is 14.8. The number of fused-ring (bicyclic) bond motifs is 4. The minimum Gasteiger partial charge on any atom is -0.508 e. The van der Waals surface area contributed by atoms with Crippen LogP contribution < -0.4 is 4.74 Å². The van der Waals surface area contributed by atoms with Gasteiger partial charge < -0.3 is 25.2 Å². The van der Waals surface area contributed by atoms with E-state index in [1.54, 1.807) is 24.3 Å². The number of ketones is 2. The Bertz CT molecular complexity index is 1430. The molecule has 0 heterocycles. The third-order valence-electron chi connectivity index (χ3n) is 10.9. The van der Waals surface area contributed by atoms with Crippen LogP contribution in [-0.4, -0.2) is 44.6 Å². The average molecular weight is 579 g/mol. The van der Waals surface area contributed by atoms with Crippen molar-refractivity contribution in [1.82, 2.24) is 0 Å². The first kappa shape index (κ1) is 29.9. The van der Waals surface area contributed by atoms with Gasteiger partial charge in [0.15, 0.2) is 6.61 Å². The number of aliphatic carboxylic acids is 1. The van der Waals surface area contributed by atoms with Gasteiger partial charge in [-0.15, -0.1) is 0 Å². The summed E-state index contributed by atoms with van der Waals surface area (Å²) in [4.78, 5) is 35.3. The number of carbonyl (C=O) groups is 3. The van der Waals surface area contributed by atoms with Gasteiger partial charge in [-0.2, -0.15) is 0 Å². The highest BCUT2D eigenvalue weighted by Crippen LogP contribution is 2.65. The molecule has 0 aromatic heterocycles. The molecule has 0 spiro atoms. The van der Waals surface area contributed by atoms with Crippen molar-refractivity contribution in [1.29, 1.82) is 0 Å². The molecule has 6 aliphatic carbocycles. The number of phenolic OH excluding ortho intramolecular Hbond substituents is 3. The molecule has 0 aliphatic heterocycles. The lowest BCUT2D eigenvalue weighted by Gasteiger charge is -2.59. The van der Waals surface area contributed by atoms with Crippen LogP contribution in [0.1, 0.15) is 87.5 Å². The van der Waals surface area contributed by atoms with Crippen LogP contribution in [0.5, 0.6) is 23.0 Å². The maximum absolute atomic E-state index is 12.4. The van der Waals surface area contributed by atoms with Gasteiger partial charge in [0, 0.05) is 47.6 Å². The van der Waals surface area contributed by atoms with Gasteiger partial charge in [-0.05, 0) is 84.7 Å². The highest BCUT2D eigenvalue weighted by atomic mass is 16.5. The number of aromatic hydroxyl groups is 3. The first-order valence-corrected chi connectivity index (χ1v) is 14.8. The Hall–Kier alpha value is -3.55. The van der Waals surface area contributed by atoms with Crippen LogP contribution in [0, 0.1) is 48.3 Å². The second kappa shape index (κ2) is 10.3. The number of ether oxygens (including phenoxy) is 1. The Balaban J connectivity index is 0.000000171. The molecule has 6 atom stereocenters. The second-order valence-corrected chi connectivity index (χ2v) is 14.1. The summed E-state index contributed by atoms with van der Waals surface area (Å²) >= 11 is 0. The summed E-state index contributed by atoms with van der Waals surface area (Å²) in [6.07, 6.45) is 2.56. The summed E-state index contributed by atoms with van der Waals surface area (Å²) in [5.41, 5.74) is 2.67. The lowest BCUT2D eigenvalue weighted by atomic mass is 9.44. The summed E-state index contributed by atoms with van der Waals surface area (Å²) in [5, 5.41) is 39.6. The zero-order chi connectivity index (χ0) is 30.9. The Morgan fingerprint density at radius 1 is 0.762 bits per heavy atom. The van der Waals surface area contributed by atoms with E-state index >= 15 is 0 Å². The van der Waals surface area contributed by atoms with Crippen LogP contribution in [0.4, 0.5) is 0 Å². The molecule has 2 aromatic carbocycles. The average Bonchev–Trinajstić information content (AvgIpc) is 2.85. The van der Waals surface area contributed by atoms with Crippen LogP contribution in [0.2, 0.25) is 0 Å². The molecule has 6 aliphatic rings. The van der Waals surface area contributed by atoms with E-state index in [1.165, 1.54) is 0 Å². The van der Waals surface area contributed by atoms with E-state index in [-0.39, 0.29) is 63.3 Å². The van der Waals surface area contributed by atoms with E-state index in [1.807, 2.05) is 13.8 Å². The van der Waals surface area contributed by atoms with Crippen molar-refractivity contribution in [3.63, 3.8) is 0 Å². The smallest absolute Gasteiger partial charge is 0.341 e. The molecule has 6 fully saturated rings. The molecule has 8 heteroatoms. The summed E-state index contributed by atoms with van der Waals surface area (Å²) in [7, 11) is 0. The molecule has 2 aromatic rings.